The Morgan fingerprint density at radius 3 is 2.24 bits per heavy atom. The lowest BCUT2D eigenvalue weighted by Crippen LogP contribution is -2.32. The Balaban J connectivity index is 1.35. The first-order valence-electron chi connectivity index (χ1n) is 10.8. The summed E-state index contributed by atoms with van der Waals surface area (Å²) in [5.41, 5.74) is 1.32. The molecule has 1 aromatic heterocycles. The fraction of sp³-hybridized carbons (Fsp3) is 0.304. The van der Waals surface area contributed by atoms with E-state index < -0.39 is 10.0 Å². The molecule has 1 fully saturated rings. The molecule has 1 heterocycles. The van der Waals surface area contributed by atoms with Crippen LogP contribution in [0.25, 0.3) is 0 Å². The minimum Gasteiger partial charge on any atom is -0.393 e. The maximum atomic E-state index is 13.1. The van der Waals surface area contributed by atoms with Crippen LogP contribution in [0.5, 0.6) is 0 Å². The van der Waals surface area contributed by atoms with Gasteiger partial charge >= 0.3 is 0 Å². The van der Waals surface area contributed by atoms with E-state index in [0.29, 0.717) is 29.7 Å². The number of nitrogens with one attached hydrogen (secondary N) is 3. The number of nitrogens with zero attached hydrogens (tertiary/aromatic N) is 2. The SMILES string of the molecule is O=S(=O)(NCC1CCC(O)CC1)c1ccc(Nc2nccc(Nc3ccc(F)cc3)n2)cc1. The lowest BCUT2D eigenvalue weighted by atomic mass is 9.88. The van der Waals surface area contributed by atoms with Gasteiger partial charge < -0.3 is 15.7 Å². The highest BCUT2D eigenvalue weighted by Gasteiger charge is 2.22. The summed E-state index contributed by atoms with van der Waals surface area (Å²) in [6.45, 7) is 0.372. The van der Waals surface area contributed by atoms with E-state index in [1.807, 2.05) is 0 Å². The summed E-state index contributed by atoms with van der Waals surface area (Å²) in [5.74, 6) is 0.783. The third kappa shape index (κ3) is 6.47. The van der Waals surface area contributed by atoms with Gasteiger partial charge in [-0.15, -0.1) is 0 Å². The number of sulfonamides is 1. The van der Waals surface area contributed by atoms with E-state index in [1.54, 1.807) is 36.5 Å². The van der Waals surface area contributed by atoms with Gasteiger partial charge in [0.1, 0.15) is 11.6 Å². The first kappa shape index (κ1) is 23.1. The van der Waals surface area contributed by atoms with Crippen LogP contribution in [0.15, 0.2) is 65.7 Å². The minimum atomic E-state index is -3.62. The fourth-order valence-electron chi connectivity index (χ4n) is 3.68. The molecular weight excluding hydrogens is 445 g/mol. The summed E-state index contributed by atoms with van der Waals surface area (Å²) in [6.07, 6.45) is 4.39. The molecule has 174 valence electrons. The van der Waals surface area contributed by atoms with Crippen LogP contribution in [0.2, 0.25) is 0 Å². The predicted molar refractivity (Wildman–Crippen MR) is 125 cm³/mol. The van der Waals surface area contributed by atoms with E-state index in [9.17, 15) is 17.9 Å². The molecule has 0 aliphatic heterocycles. The van der Waals surface area contributed by atoms with Crippen LogP contribution in [0.1, 0.15) is 25.7 Å². The van der Waals surface area contributed by atoms with E-state index in [-0.39, 0.29) is 22.7 Å². The van der Waals surface area contributed by atoms with Gasteiger partial charge in [-0.3, -0.25) is 0 Å². The van der Waals surface area contributed by atoms with Gasteiger partial charge in [0.25, 0.3) is 0 Å². The number of hydrogen-bond donors (Lipinski definition) is 4. The standard InChI is InChI=1S/C23H26FN5O3S/c24-17-3-5-18(6-4-17)27-22-13-14-25-23(29-22)28-19-7-11-21(12-8-19)33(31,32)26-15-16-1-9-20(30)10-2-16/h3-8,11-14,16,20,26,30H,1-2,9-10,15H2,(H2,25,27,28,29). The molecule has 4 N–H and O–H groups in total. The quantitative estimate of drug-likeness (QED) is 0.393. The van der Waals surface area contributed by atoms with Gasteiger partial charge in [0.2, 0.25) is 16.0 Å². The lowest BCUT2D eigenvalue weighted by Gasteiger charge is -2.25. The third-order valence-electron chi connectivity index (χ3n) is 5.57. The zero-order valence-corrected chi connectivity index (χ0v) is 18.7. The zero-order valence-electron chi connectivity index (χ0n) is 17.9. The zero-order chi connectivity index (χ0) is 23.3. The Morgan fingerprint density at radius 1 is 0.909 bits per heavy atom. The van der Waals surface area contributed by atoms with Crippen molar-refractivity contribution >= 4 is 33.2 Å². The minimum absolute atomic E-state index is 0.177. The molecule has 8 nitrogen and oxygen atoms in total. The summed E-state index contributed by atoms with van der Waals surface area (Å²) >= 11 is 0. The highest BCUT2D eigenvalue weighted by molar-refractivity contribution is 7.89. The maximum absolute atomic E-state index is 13.1. The van der Waals surface area contributed by atoms with Crippen molar-refractivity contribution in [3.8, 4) is 0 Å². The molecule has 0 unspecified atom stereocenters. The molecular formula is C23H26FN5O3S. The number of benzene rings is 2. The normalized spacial score (nSPS) is 18.6. The number of rotatable bonds is 8. The summed E-state index contributed by atoms with van der Waals surface area (Å²) in [7, 11) is -3.62. The van der Waals surface area contributed by atoms with Crippen LogP contribution in [-0.4, -0.2) is 36.1 Å². The Hall–Kier alpha value is -3.08. The number of halogens is 1. The summed E-state index contributed by atoms with van der Waals surface area (Å²) in [6, 6.07) is 13.9. The molecule has 0 spiro atoms. The Kier molecular flexibility index (Phi) is 7.17. The van der Waals surface area contributed by atoms with Gasteiger partial charge in [-0.05, 0) is 86.2 Å². The molecule has 1 saturated carbocycles. The monoisotopic (exact) mass is 471 g/mol. The summed E-state index contributed by atoms with van der Waals surface area (Å²) in [5, 5.41) is 15.7. The molecule has 33 heavy (non-hydrogen) atoms. The van der Waals surface area contributed by atoms with Crippen LogP contribution in [0.4, 0.5) is 27.5 Å². The molecule has 0 amide bonds. The van der Waals surface area contributed by atoms with Crippen molar-refractivity contribution in [1.29, 1.82) is 0 Å². The fourth-order valence-corrected chi connectivity index (χ4v) is 4.79. The second-order valence-electron chi connectivity index (χ2n) is 8.07. The number of anilines is 4. The molecule has 0 atom stereocenters. The highest BCUT2D eigenvalue weighted by Crippen LogP contribution is 2.24. The van der Waals surface area contributed by atoms with Crippen molar-refractivity contribution in [3.05, 3.63) is 66.6 Å². The van der Waals surface area contributed by atoms with Crippen LogP contribution in [0, 0.1) is 11.7 Å². The lowest BCUT2D eigenvalue weighted by molar-refractivity contribution is 0.109. The number of aliphatic hydroxyl groups excluding tert-OH is 1. The molecule has 0 radical (unpaired) electrons. The second kappa shape index (κ2) is 10.2. The van der Waals surface area contributed by atoms with Crippen molar-refractivity contribution in [2.75, 3.05) is 17.2 Å². The van der Waals surface area contributed by atoms with Crippen molar-refractivity contribution < 1.29 is 17.9 Å². The smallest absolute Gasteiger partial charge is 0.240 e. The van der Waals surface area contributed by atoms with Crippen molar-refractivity contribution in [1.82, 2.24) is 14.7 Å². The summed E-state index contributed by atoms with van der Waals surface area (Å²) < 4.78 is 41.0. The Bertz CT molecular complexity index is 1170. The molecule has 3 aromatic rings. The van der Waals surface area contributed by atoms with E-state index in [0.717, 1.165) is 25.7 Å². The average molecular weight is 472 g/mol. The average Bonchev–Trinajstić information content (AvgIpc) is 2.81. The topological polar surface area (TPSA) is 116 Å². The first-order valence-corrected chi connectivity index (χ1v) is 12.3. The van der Waals surface area contributed by atoms with Crippen LogP contribution in [-0.2, 0) is 10.0 Å². The van der Waals surface area contributed by atoms with Crippen molar-refractivity contribution in [3.63, 3.8) is 0 Å². The second-order valence-corrected chi connectivity index (χ2v) is 9.84. The maximum Gasteiger partial charge on any atom is 0.240 e. The van der Waals surface area contributed by atoms with Gasteiger partial charge in [-0.25, -0.2) is 22.5 Å². The van der Waals surface area contributed by atoms with Gasteiger partial charge in [0.15, 0.2) is 0 Å². The largest absolute Gasteiger partial charge is 0.393 e. The van der Waals surface area contributed by atoms with Crippen LogP contribution < -0.4 is 15.4 Å². The van der Waals surface area contributed by atoms with Crippen LogP contribution in [0.3, 0.4) is 0 Å². The van der Waals surface area contributed by atoms with Gasteiger partial charge in [-0.2, -0.15) is 4.98 Å². The number of hydrogen-bond acceptors (Lipinski definition) is 7. The molecule has 0 saturated heterocycles. The van der Waals surface area contributed by atoms with Crippen LogP contribution >= 0.6 is 0 Å². The first-order chi connectivity index (χ1) is 15.9. The Labute approximate surface area is 192 Å². The number of aromatic nitrogens is 2. The van der Waals surface area contributed by atoms with E-state index >= 15 is 0 Å². The van der Waals surface area contributed by atoms with Crippen molar-refractivity contribution in [2.45, 2.75) is 36.7 Å². The predicted octanol–water partition coefficient (Wildman–Crippen LogP) is 3.93. The van der Waals surface area contributed by atoms with Gasteiger partial charge in [0, 0.05) is 24.1 Å². The van der Waals surface area contributed by atoms with Gasteiger partial charge in [-0.1, -0.05) is 0 Å². The van der Waals surface area contributed by atoms with Gasteiger partial charge in [0.05, 0.1) is 11.0 Å². The molecule has 2 aromatic carbocycles. The molecule has 1 aliphatic carbocycles. The molecule has 0 bridgehead atoms. The number of aliphatic hydroxyl groups is 1. The summed E-state index contributed by atoms with van der Waals surface area (Å²) in [4.78, 5) is 8.72. The highest BCUT2D eigenvalue weighted by atomic mass is 32.2. The third-order valence-corrected chi connectivity index (χ3v) is 7.01. The van der Waals surface area contributed by atoms with E-state index in [2.05, 4.69) is 25.3 Å². The molecule has 4 rings (SSSR count). The van der Waals surface area contributed by atoms with Crippen molar-refractivity contribution in [2.24, 2.45) is 5.92 Å². The molecule has 1 aliphatic rings. The Morgan fingerprint density at radius 2 is 1.55 bits per heavy atom. The molecule has 10 heteroatoms. The van der Waals surface area contributed by atoms with E-state index in [4.69, 9.17) is 0 Å². The van der Waals surface area contributed by atoms with E-state index in [1.165, 1.54) is 24.3 Å².